The number of aromatic nitrogens is 4. The Morgan fingerprint density at radius 1 is 1.09 bits per heavy atom. The fourth-order valence-corrected chi connectivity index (χ4v) is 6.42. The molecule has 5 heterocycles. The van der Waals surface area contributed by atoms with Crippen molar-refractivity contribution in [2.75, 3.05) is 42.9 Å². The molecule has 3 aliphatic rings. The van der Waals surface area contributed by atoms with E-state index in [-0.39, 0.29) is 23.4 Å². The largest absolute Gasteiger partial charge is 0.353 e. The summed E-state index contributed by atoms with van der Waals surface area (Å²) in [7, 11) is 0. The van der Waals surface area contributed by atoms with Gasteiger partial charge in [-0.1, -0.05) is 18.7 Å². The molecular weight excluding hydrogens is 554 g/mol. The summed E-state index contributed by atoms with van der Waals surface area (Å²) in [6.45, 7) is 8.79. The van der Waals surface area contributed by atoms with Crippen LogP contribution in [0.25, 0.3) is 22.3 Å². The van der Waals surface area contributed by atoms with Crippen LogP contribution in [0.2, 0.25) is 0 Å². The second kappa shape index (κ2) is 11.8. The van der Waals surface area contributed by atoms with Crippen molar-refractivity contribution in [3.63, 3.8) is 0 Å². The molecule has 226 valence electrons. The normalized spacial score (nSPS) is 19.5. The molecule has 3 aromatic heterocycles. The number of benzene rings is 1. The highest BCUT2D eigenvalue weighted by Gasteiger charge is 2.46. The molecule has 1 atom stereocenters. The molecule has 2 saturated heterocycles. The van der Waals surface area contributed by atoms with E-state index in [1.165, 1.54) is 18.9 Å². The zero-order valence-electron chi connectivity index (χ0n) is 24.7. The van der Waals surface area contributed by atoms with Gasteiger partial charge in [0.05, 0.1) is 5.39 Å². The van der Waals surface area contributed by atoms with Crippen LogP contribution >= 0.6 is 0 Å². The van der Waals surface area contributed by atoms with E-state index in [0.29, 0.717) is 17.9 Å². The Morgan fingerprint density at radius 2 is 1.95 bits per heavy atom. The first kappa shape index (κ1) is 28.2. The van der Waals surface area contributed by atoms with Gasteiger partial charge in [-0.25, -0.2) is 9.97 Å². The highest BCUT2D eigenvalue weighted by atomic mass is 16.2. The van der Waals surface area contributed by atoms with Crippen molar-refractivity contribution < 1.29 is 9.59 Å². The van der Waals surface area contributed by atoms with Crippen molar-refractivity contribution in [3.05, 3.63) is 78.9 Å². The molecule has 2 aliphatic heterocycles. The summed E-state index contributed by atoms with van der Waals surface area (Å²) in [5.41, 5.74) is 5.08. The van der Waals surface area contributed by atoms with Crippen molar-refractivity contribution in [1.29, 1.82) is 0 Å². The van der Waals surface area contributed by atoms with Crippen LogP contribution in [0.1, 0.15) is 41.7 Å². The van der Waals surface area contributed by atoms with Gasteiger partial charge in [0.1, 0.15) is 23.5 Å². The van der Waals surface area contributed by atoms with Gasteiger partial charge in [-0.2, -0.15) is 0 Å². The maximum atomic E-state index is 13.1. The lowest BCUT2D eigenvalue weighted by atomic mass is 10.0. The molecule has 1 aliphatic carbocycles. The summed E-state index contributed by atoms with van der Waals surface area (Å²) in [4.78, 5) is 46.4. The zero-order valence-corrected chi connectivity index (χ0v) is 24.7. The molecule has 2 amide bonds. The first-order valence-electron chi connectivity index (χ1n) is 15.3. The van der Waals surface area contributed by atoms with Crippen LogP contribution in [0.5, 0.6) is 0 Å². The van der Waals surface area contributed by atoms with Crippen molar-refractivity contribution in [2.45, 2.75) is 43.8 Å². The Bertz CT molecular complexity index is 1700. The molecule has 44 heavy (non-hydrogen) atoms. The number of fused-ring (bicyclic) bond motifs is 1. The number of piperazine rings is 1. The van der Waals surface area contributed by atoms with Gasteiger partial charge in [0.15, 0.2) is 0 Å². The van der Waals surface area contributed by atoms with E-state index in [9.17, 15) is 9.59 Å². The predicted octanol–water partition coefficient (Wildman–Crippen LogP) is 3.48. The minimum absolute atomic E-state index is 0.100. The average Bonchev–Trinajstić information content (AvgIpc) is 3.63. The molecule has 1 unspecified atom stereocenters. The molecule has 0 radical (unpaired) electrons. The van der Waals surface area contributed by atoms with Crippen molar-refractivity contribution in [3.8, 4) is 11.3 Å². The number of carbonyl (C=O) groups excluding carboxylic acids is 2. The Labute approximate surface area is 256 Å². The molecule has 11 nitrogen and oxygen atoms in total. The number of carbonyl (C=O) groups is 2. The van der Waals surface area contributed by atoms with Gasteiger partial charge in [0.25, 0.3) is 5.91 Å². The molecular formula is C33H37N9O2. The van der Waals surface area contributed by atoms with Gasteiger partial charge >= 0.3 is 0 Å². The first-order valence-corrected chi connectivity index (χ1v) is 15.3. The van der Waals surface area contributed by atoms with E-state index >= 15 is 0 Å². The lowest BCUT2D eigenvalue weighted by Gasteiger charge is -2.35. The molecule has 4 aromatic rings. The molecule has 1 saturated carbocycles. The van der Waals surface area contributed by atoms with Gasteiger partial charge in [0, 0.05) is 61.9 Å². The third kappa shape index (κ3) is 6.06. The Kier molecular flexibility index (Phi) is 7.57. The zero-order chi connectivity index (χ0) is 30.1. The van der Waals surface area contributed by atoms with Crippen LogP contribution in [-0.4, -0.2) is 81.0 Å². The quantitative estimate of drug-likeness (QED) is 0.229. The average molecular weight is 592 g/mol. The first-order chi connectivity index (χ1) is 21.5. The third-order valence-electron chi connectivity index (χ3n) is 8.89. The SMILES string of the molecule is C=CC(=O)NC1CCCN(Cc2ccnc(C(=O)Nc3ccc(-c4cc5c(N6CCNC7(CC7)C6)ncnc5[nH]4)cc3)c2)C1. The van der Waals surface area contributed by atoms with E-state index in [2.05, 4.69) is 58.3 Å². The number of anilines is 2. The number of aromatic amines is 1. The van der Waals surface area contributed by atoms with Crippen LogP contribution < -0.4 is 20.9 Å². The standard InChI is InChI=1S/C33H37N9O2/c1-2-29(43)38-25-4-3-14-41(19-25)18-22-9-12-34-28(16-22)32(44)39-24-7-5-23(6-8-24)27-17-26-30(40-27)35-21-36-31(26)42-15-13-37-33(20-42)10-11-33/h2,5-9,12,16-17,21,25,37H,1,3-4,10-11,13-15,18-20H2,(H,38,43)(H,39,44)(H,35,36,40). The predicted molar refractivity (Wildman–Crippen MR) is 170 cm³/mol. The number of H-pyrrole nitrogens is 1. The lowest BCUT2D eigenvalue weighted by molar-refractivity contribution is -0.117. The number of nitrogens with zero attached hydrogens (tertiary/aromatic N) is 5. The van der Waals surface area contributed by atoms with Gasteiger partial charge in [0.2, 0.25) is 5.91 Å². The molecule has 4 N–H and O–H groups in total. The highest BCUT2D eigenvalue weighted by Crippen LogP contribution is 2.39. The minimum Gasteiger partial charge on any atom is -0.353 e. The number of pyridine rings is 1. The van der Waals surface area contributed by atoms with E-state index in [0.717, 1.165) is 79.2 Å². The number of likely N-dealkylation sites (tertiary alicyclic amines) is 1. The van der Waals surface area contributed by atoms with E-state index in [1.54, 1.807) is 12.5 Å². The van der Waals surface area contributed by atoms with Crippen LogP contribution in [0.15, 0.2) is 67.6 Å². The number of piperidine rings is 1. The Morgan fingerprint density at radius 3 is 2.77 bits per heavy atom. The van der Waals surface area contributed by atoms with Crippen LogP contribution in [0.4, 0.5) is 11.5 Å². The number of hydrogen-bond donors (Lipinski definition) is 4. The van der Waals surface area contributed by atoms with Gasteiger partial charge < -0.3 is 25.8 Å². The Hall–Kier alpha value is -4.61. The second-order valence-corrected chi connectivity index (χ2v) is 12.1. The van der Waals surface area contributed by atoms with Crippen molar-refractivity contribution in [1.82, 2.24) is 35.5 Å². The summed E-state index contributed by atoms with van der Waals surface area (Å²) in [6.07, 6.45) is 9.01. The minimum atomic E-state index is -0.260. The molecule has 3 fully saturated rings. The summed E-state index contributed by atoms with van der Waals surface area (Å²) >= 11 is 0. The van der Waals surface area contributed by atoms with E-state index in [4.69, 9.17) is 0 Å². The number of amides is 2. The summed E-state index contributed by atoms with van der Waals surface area (Å²) in [5, 5.41) is 10.7. The summed E-state index contributed by atoms with van der Waals surface area (Å²) in [6, 6.07) is 13.7. The Balaban J connectivity index is 1.00. The van der Waals surface area contributed by atoms with Crippen molar-refractivity contribution in [2.24, 2.45) is 0 Å². The van der Waals surface area contributed by atoms with Gasteiger partial charge in [-0.05, 0) is 79.8 Å². The topological polar surface area (TPSA) is 131 Å². The maximum Gasteiger partial charge on any atom is 0.274 e. The number of rotatable bonds is 8. The number of nitrogens with one attached hydrogen (secondary N) is 4. The highest BCUT2D eigenvalue weighted by molar-refractivity contribution is 6.03. The molecule has 1 aromatic carbocycles. The van der Waals surface area contributed by atoms with Gasteiger partial charge in [-0.3, -0.25) is 19.5 Å². The molecule has 11 heteroatoms. The molecule has 0 bridgehead atoms. The maximum absolute atomic E-state index is 13.1. The van der Waals surface area contributed by atoms with Crippen LogP contribution in [-0.2, 0) is 11.3 Å². The van der Waals surface area contributed by atoms with E-state index < -0.39 is 0 Å². The fraction of sp³-hybridized carbons (Fsp3) is 0.364. The second-order valence-electron chi connectivity index (χ2n) is 12.1. The number of hydrogen-bond acceptors (Lipinski definition) is 8. The van der Waals surface area contributed by atoms with Crippen molar-refractivity contribution >= 4 is 34.4 Å². The molecule has 1 spiro atoms. The van der Waals surface area contributed by atoms with E-state index in [1.807, 2.05) is 36.4 Å². The summed E-state index contributed by atoms with van der Waals surface area (Å²) in [5.74, 6) is 0.572. The molecule has 7 rings (SSSR count). The van der Waals surface area contributed by atoms with Crippen LogP contribution in [0.3, 0.4) is 0 Å². The monoisotopic (exact) mass is 591 g/mol. The summed E-state index contributed by atoms with van der Waals surface area (Å²) < 4.78 is 0. The third-order valence-corrected chi connectivity index (χ3v) is 8.89. The fourth-order valence-electron chi connectivity index (χ4n) is 6.42. The smallest absolute Gasteiger partial charge is 0.274 e. The lowest BCUT2D eigenvalue weighted by Crippen LogP contribution is -2.52. The van der Waals surface area contributed by atoms with Gasteiger partial charge in [-0.15, -0.1) is 0 Å². The van der Waals surface area contributed by atoms with Crippen LogP contribution in [0, 0.1) is 0 Å².